The summed E-state index contributed by atoms with van der Waals surface area (Å²) in [7, 11) is -2.53. The smallest absolute Gasteiger partial charge is 0.337 e. The van der Waals surface area contributed by atoms with E-state index in [9.17, 15) is 22.8 Å². The number of nitrogens with zero attached hydrogens (tertiary/aromatic N) is 2. The Morgan fingerprint density at radius 1 is 1.17 bits per heavy atom. The monoisotopic (exact) mass is 532 g/mol. The van der Waals surface area contributed by atoms with Crippen LogP contribution >= 0.6 is 11.8 Å². The molecule has 0 atom stereocenters. The highest BCUT2D eigenvalue weighted by Gasteiger charge is 2.16. The van der Waals surface area contributed by atoms with Gasteiger partial charge in [-0.3, -0.25) is 14.2 Å². The molecule has 3 aromatic rings. The number of nitrogens with one attached hydrogen (secondary N) is 1. The number of carbonyl (C=O) groups is 2. The van der Waals surface area contributed by atoms with Gasteiger partial charge in [0.25, 0.3) is 5.56 Å². The summed E-state index contributed by atoms with van der Waals surface area (Å²) < 4.78 is 29.2. The van der Waals surface area contributed by atoms with Crippen molar-refractivity contribution in [3.8, 4) is 0 Å². The van der Waals surface area contributed by atoms with Crippen LogP contribution in [-0.2, 0) is 32.5 Å². The summed E-state index contributed by atoms with van der Waals surface area (Å²) in [6.07, 6.45) is 2.24. The summed E-state index contributed by atoms with van der Waals surface area (Å²) in [5.41, 5.74) is 1.07. The second-order valence-corrected chi connectivity index (χ2v) is 10.5. The number of sulfonamides is 1. The minimum atomic E-state index is -3.80. The number of primary sulfonamides is 1. The zero-order valence-electron chi connectivity index (χ0n) is 20.0. The molecule has 0 saturated heterocycles. The van der Waals surface area contributed by atoms with Gasteiger partial charge in [-0.1, -0.05) is 37.2 Å². The standard InChI is InChI=1S/C24H28N4O6S2/c1-3-4-12-26-21(29)15-35-24-27-20-14-17(23(31)34-2)7-10-19(20)22(30)28(24)13-11-16-5-8-18(9-6-16)36(25,32)33/h5-10,14H,3-4,11-13,15H2,1-2H3,(H,26,29)(H2,25,32,33). The molecule has 0 aliphatic rings. The average Bonchev–Trinajstić information content (AvgIpc) is 2.86. The molecule has 1 amide bonds. The van der Waals surface area contributed by atoms with Gasteiger partial charge in [0.2, 0.25) is 15.9 Å². The Balaban J connectivity index is 1.92. The van der Waals surface area contributed by atoms with Crippen molar-refractivity contribution in [2.45, 2.75) is 42.8 Å². The fourth-order valence-corrected chi connectivity index (χ4v) is 4.80. The van der Waals surface area contributed by atoms with Gasteiger partial charge in [0.15, 0.2) is 5.16 Å². The first-order valence-corrected chi connectivity index (χ1v) is 13.8. The molecule has 0 aliphatic heterocycles. The Hall–Kier alpha value is -3.22. The third kappa shape index (κ3) is 6.93. The highest BCUT2D eigenvalue weighted by atomic mass is 32.2. The molecule has 0 spiro atoms. The minimum Gasteiger partial charge on any atom is -0.465 e. The van der Waals surface area contributed by atoms with Crippen molar-refractivity contribution >= 4 is 44.6 Å². The first-order valence-electron chi connectivity index (χ1n) is 11.3. The largest absolute Gasteiger partial charge is 0.465 e. The molecule has 0 fully saturated rings. The van der Waals surface area contributed by atoms with Crippen molar-refractivity contribution in [3.05, 3.63) is 63.9 Å². The number of rotatable bonds is 11. The average molecular weight is 533 g/mol. The molecule has 1 aromatic heterocycles. The third-order valence-electron chi connectivity index (χ3n) is 5.40. The number of aryl methyl sites for hydroxylation is 1. The third-order valence-corrected chi connectivity index (χ3v) is 7.31. The van der Waals surface area contributed by atoms with Crippen LogP contribution in [0.2, 0.25) is 0 Å². The highest BCUT2D eigenvalue weighted by molar-refractivity contribution is 7.99. The fourth-order valence-electron chi connectivity index (χ4n) is 3.43. The zero-order valence-corrected chi connectivity index (χ0v) is 21.7. The topological polar surface area (TPSA) is 150 Å². The summed E-state index contributed by atoms with van der Waals surface area (Å²) in [4.78, 5) is 42.1. The van der Waals surface area contributed by atoms with E-state index >= 15 is 0 Å². The van der Waals surface area contributed by atoms with Crippen LogP contribution < -0.4 is 16.0 Å². The van der Waals surface area contributed by atoms with Gasteiger partial charge in [-0.2, -0.15) is 0 Å². The SMILES string of the molecule is CCCCNC(=O)CSc1nc2cc(C(=O)OC)ccc2c(=O)n1CCc1ccc(S(N)(=O)=O)cc1. The molecule has 0 bridgehead atoms. The lowest BCUT2D eigenvalue weighted by molar-refractivity contribution is -0.118. The Labute approximate surface area is 213 Å². The number of hydrogen-bond donors (Lipinski definition) is 2. The van der Waals surface area contributed by atoms with Crippen molar-refractivity contribution in [2.24, 2.45) is 5.14 Å². The summed E-state index contributed by atoms with van der Waals surface area (Å²) in [6.45, 7) is 2.85. The number of benzene rings is 2. The fraction of sp³-hybridized carbons (Fsp3) is 0.333. The second kappa shape index (κ2) is 12.2. The molecule has 2 aromatic carbocycles. The van der Waals surface area contributed by atoms with E-state index in [-0.39, 0.29) is 34.2 Å². The van der Waals surface area contributed by atoms with Crippen LogP contribution in [0.3, 0.4) is 0 Å². The van der Waals surface area contributed by atoms with E-state index in [4.69, 9.17) is 9.88 Å². The number of aromatic nitrogens is 2. The predicted molar refractivity (Wildman–Crippen MR) is 138 cm³/mol. The molecule has 3 rings (SSSR count). The molecule has 36 heavy (non-hydrogen) atoms. The van der Waals surface area contributed by atoms with Gasteiger partial charge in [0, 0.05) is 13.1 Å². The summed E-state index contributed by atoms with van der Waals surface area (Å²) in [5.74, 6) is -0.645. The lowest BCUT2D eigenvalue weighted by Gasteiger charge is -2.14. The number of hydrogen-bond acceptors (Lipinski definition) is 8. The maximum Gasteiger partial charge on any atom is 0.337 e. The molecule has 0 radical (unpaired) electrons. The molecular formula is C24H28N4O6S2. The highest BCUT2D eigenvalue weighted by Crippen LogP contribution is 2.20. The molecule has 10 nitrogen and oxygen atoms in total. The number of ether oxygens (including phenoxy) is 1. The van der Waals surface area contributed by atoms with Crippen molar-refractivity contribution < 1.29 is 22.7 Å². The van der Waals surface area contributed by atoms with Crippen LogP contribution in [0.1, 0.15) is 35.7 Å². The van der Waals surface area contributed by atoms with Gasteiger partial charge < -0.3 is 10.1 Å². The van der Waals surface area contributed by atoms with Gasteiger partial charge in [0.05, 0.1) is 34.2 Å². The number of methoxy groups -OCH3 is 1. The number of unbranched alkanes of at least 4 members (excludes halogenated alkanes) is 1. The quantitative estimate of drug-likeness (QED) is 0.165. The lowest BCUT2D eigenvalue weighted by Crippen LogP contribution is -2.28. The van der Waals surface area contributed by atoms with E-state index in [0.717, 1.165) is 30.2 Å². The number of esters is 1. The van der Waals surface area contributed by atoms with Crippen LogP contribution in [0.5, 0.6) is 0 Å². The number of fused-ring (bicyclic) bond motifs is 1. The van der Waals surface area contributed by atoms with Crippen LogP contribution in [0.4, 0.5) is 0 Å². The zero-order chi connectivity index (χ0) is 26.3. The number of amides is 1. The van der Waals surface area contributed by atoms with E-state index in [1.807, 2.05) is 6.92 Å². The molecule has 0 unspecified atom stereocenters. The summed E-state index contributed by atoms with van der Waals surface area (Å²) in [6, 6.07) is 10.6. The molecule has 1 heterocycles. The maximum absolute atomic E-state index is 13.4. The second-order valence-electron chi connectivity index (χ2n) is 8.01. The Morgan fingerprint density at radius 2 is 1.89 bits per heavy atom. The van der Waals surface area contributed by atoms with Crippen molar-refractivity contribution in [1.29, 1.82) is 0 Å². The number of nitrogens with two attached hydrogens (primary N) is 1. The van der Waals surface area contributed by atoms with Crippen LogP contribution in [0, 0.1) is 0 Å². The number of thioether (sulfide) groups is 1. The van der Waals surface area contributed by atoms with E-state index < -0.39 is 16.0 Å². The van der Waals surface area contributed by atoms with Crippen molar-refractivity contribution in [3.63, 3.8) is 0 Å². The molecule has 0 aliphatic carbocycles. The Bertz CT molecular complexity index is 1420. The van der Waals surface area contributed by atoms with Crippen LogP contribution in [-0.4, -0.2) is 49.3 Å². The molecule has 3 N–H and O–H groups in total. The van der Waals surface area contributed by atoms with Crippen molar-refractivity contribution in [1.82, 2.24) is 14.9 Å². The number of carbonyl (C=O) groups excluding carboxylic acids is 2. The molecule has 192 valence electrons. The van der Waals surface area contributed by atoms with E-state index in [0.29, 0.717) is 29.0 Å². The lowest BCUT2D eigenvalue weighted by atomic mass is 10.1. The van der Waals surface area contributed by atoms with E-state index in [1.165, 1.54) is 42.0 Å². The Morgan fingerprint density at radius 3 is 2.53 bits per heavy atom. The van der Waals surface area contributed by atoms with Crippen LogP contribution in [0.25, 0.3) is 10.9 Å². The Kier molecular flexibility index (Phi) is 9.24. The van der Waals surface area contributed by atoms with Gasteiger partial charge in [-0.15, -0.1) is 0 Å². The minimum absolute atomic E-state index is 0.00234. The predicted octanol–water partition coefficient (Wildman–Crippen LogP) is 2.08. The summed E-state index contributed by atoms with van der Waals surface area (Å²) in [5, 5.41) is 8.65. The molecule has 0 saturated carbocycles. The van der Waals surface area contributed by atoms with Crippen molar-refractivity contribution in [2.75, 3.05) is 19.4 Å². The molecule has 12 heteroatoms. The summed E-state index contributed by atoms with van der Waals surface area (Å²) >= 11 is 1.13. The van der Waals surface area contributed by atoms with E-state index in [2.05, 4.69) is 10.3 Å². The first kappa shape index (κ1) is 27.4. The molecular weight excluding hydrogens is 504 g/mol. The van der Waals surface area contributed by atoms with Gasteiger partial charge in [0.1, 0.15) is 0 Å². The first-order chi connectivity index (χ1) is 17.1. The van der Waals surface area contributed by atoms with Gasteiger partial charge >= 0.3 is 5.97 Å². The maximum atomic E-state index is 13.4. The van der Waals surface area contributed by atoms with E-state index in [1.54, 1.807) is 12.1 Å². The van der Waals surface area contributed by atoms with Gasteiger partial charge in [-0.05, 0) is 48.7 Å². The normalized spacial score (nSPS) is 11.4. The van der Waals surface area contributed by atoms with Gasteiger partial charge in [-0.25, -0.2) is 23.3 Å². The van der Waals surface area contributed by atoms with Crippen LogP contribution in [0.15, 0.2) is 57.3 Å².